The van der Waals surface area contributed by atoms with Crippen molar-refractivity contribution in [3.8, 4) is 0 Å². The van der Waals surface area contributed by atoms with Gasteiger partial charge in [-0.1, -0.05) is 108 Å². The van der Waals surface area contributed by atoms with Crippen LogP contribution in [0, 0.1) is 0 Å². The molecule has 0 radical (unpaired) electrons. The summed E-state index contributed by atoms with van der Waals surface area (Å²) in [5.41, 5.74) is 0. The lowest BCUT2D eigenvalue weighted by Crippen LogP contribution is -2.30. The minimum Gasteiger partial charge on any atom is -0.469 e. The minimum atomic E-state index is -0.0846. The second-order valence-electron chi connectivity index (χ2n) is 12.9. The first kappa shape index (κ1) is 42.8. The molecule has 0 saturated heterocycles. The van der Waals surface area contributed by atoms with Crippen LogP contribution in [-0.2, 0) is 19.0 Å². The van der Waals surface area contributed by atoms with Gasteiger partial charge in [0.1, 0.15) is 0 Å². The summed E-state index contributed by atoms with van der Waals surface area (Å²) >= 11 is 0. The Balaban J connectivity index is 3.56. The normalized spacial score (nSPS) is 12.7. The van der Waals surface area contributed by atoms with Crippen molar-refractivity contribution in [1.29, 1.82) is 0 Å². The number of carbonyl (C=O) groups excluding carboxylic acids is 1. The molecular formula is C39H75NO4. The highest BCUT2D eigenvalue weighted by Gasteiger charge is 2.10. The Kier molecular flexibility index (Phi) is 35.3. The predicted molar refractivity (Wildman–Crippen MR) is 191 cm³/mol. The number of esters is 1. The minimum absolute atomic E-state index is 0.0846. The molecule has 0 fully saturated rings. The highest BCUT2D eigenvalue weighted by atomic mass is 16.5. The van der Waals surface area contributed by atoms with Gasteiger partial charge in [0.2, 0.25) is 0 Å². The van der Waals surface area contributed by atoms with Crippen molar-refractivity contribution >= 4 is 5.97 Å². The van der Waals surface area contributed by atoms with E-state index < -0.39 is 0 Å². The first-order chi connectivity index (χ1) is 21.6. The summed E-state index contributed by atoms with van der Waals surface area (Å²) in [6.45, 7) is 5.80. The SMILES string of the molecule is CCCCCCCC/C=C\CCCCCCOCCC(CN(C)C)OCCCCCC/C=C\CCCCCCCC(=O)OC. The summed E-state index contributed by atoms with van der Waals surface area (Å²) in [6, 6.07) is 0. The Hall–Kier alpha value is -1.17. The number of likely N-dealkylation sites (N-methyl/N-ethyl adjacent to an activating group) is 1. The number of carbonyl (C=O) groups is 1. The van der Waals surface area contributed by atoms with E-state index in [4.69, 9.17) is 9.47 Å². The average molecular weight is 622 g/mol. The van der Waals surface area contributed by atoms with Crippen molar-refractivity contribution < 1.29 is 19.0 Å². The number of hydrogen-bond donors (Lipinski definition) is 0. The zero-order valence-electron chi connectivity index (χ0n) is 30.0. The van der Waals surface area contributed by atoms with Crippen molar-refractivity contribution in [2.75, 3.05) is 47.6 Å². The molecule has 5 heteroatoms. The Labute approximate surface area is 274 Å². The Morgan fingerprint density at radius 2 is 1.05 bits per heavy atom. The zero-order chi connectivity index (χ0) is 32.2. The molecule has 0 aliphatic rings. The van der Waals surface area contributed by atoms with Gasteiger partial charge in [-0.2, -0.15) is 0 Å². The van der Waals surface area contributed by atoms with Gasteiger partial charge in [-0.25, -0.2) is 0 Å². The molecule has 5 nitrogen and oxygen atoms in total. The summed E-state index contributed by atoms with van der Waals surface area (Å²) in [5, 5.41) is 0. The number of ether oxygens (including phenoxy) is 3. The highest BCUT2D eigenvalue weighted by Crippen LogP contribution is 2.11. The van der Waals surface area contributed by atoms with Crippen LogP contribution in [0.1, 0.15) is 167 Å². The zero-order valence-corrected chi connectivity index (χ0v) is 30.0. The average Bonchev–Trinajstić information content (AvgIpc) is 3.01. The molecule has 0 aliphatic carbocycles. The van der Waals surface area contributed by atoms with Gasteiger partial charge in [0, 0.05) is 32.8 Å². The molecule has 44 heavy (non-hydrogen) atoms. The number of unbranched alkanes of at least 4 members (excludes halogenated alkanes) is 19. The lowest BCUT2D eigenvalue weighted by Gasteiger charge is -2.21. The van der Waals surface area contributed by atoms with Crippen molar-refractivity contribution in [1.82, 2.24) is 4.90 Å². The lowest BCUT2D eigenvalue weighted by molar-refractivity contribution is -0.140. The van der Waals surface area contributed by atoms with Gasteiger partial charge >= 0.3 is 5.97 Å². The van der Waals surface area contributed by atoms with Gasteiger partial charge in [0.15, 0.2) is 0 Å². The molecule has 0 aromatic heterocycles. The molecule has 0 aromatic carbocycles. The van der Waals surface area contributed by atoms with E-state index in [0.717, 1.165) is 52.0 Å². The maximum absolute atomic E-state index is 11.1. The van der Waals surface area contributed by atoms with Crippen LogP contribution in [0.3, 0.4) is 0 Å². The fourth-order valence-electron chi connectivity index (χ4n) is 5.42. The Morgan fingerprint density at radius 3 is 1.55 bits per heavy atom. The number of nitrogens with zero attached hydrogens (tertiary/aromatic N) is 1. The molecule has 0 saturated carbocycles. The maximum Gasteiger partial charge on any atom is 0.305 e. The second kappa shape index (κ2) is 36.3. The molecular weight excluding hydrogens is 546 g/mol. The third-order valence-corrected chi connectivity index (χ3v) is 8.22. The quantitative estimate of drug-likeness (QED) is 0.0400. The number of allylic oxidation sites excluding steroid dienone is 4. The number of hydrogen-bond acceptors (Lipinski definition) is 5. The molecule has 1 atom stereocenters. The van der Waals surface area contributed by atoms with E-state index in [0.29, 0.717) is 6.42 Å². The van der Waals surface area contributed by atoms with Gasteiger partial charge in [-0.3, -0.25) is 4.79 Å². The maximum atomic E-state index is 11.1. The van der Waals surface area contributed by atoms with E-state index in [1.54, 1.807) is 0 Å². The summed E-state index contributed by atoms with van der Waals surface area (Å²) in [4.78, 5) is 13.3. The van der Waals surface area contributed by atoms with Gasteiger partial charge < -0.3 is 19.1 Å². The molecule has 0 spiro atoms. The van der Waals surface area contributed by atoms with Crippen LogP contribution in [0.5, 0.6) is 0 Å². The smallest absolute Gasteiger partial charge is 0.305 e. The monoisotopic (exact) mass is 622 g/mol. The van der Waals surface area contributed by atoms with Gasteiger partial charge in [-0.05, 0) is 91.1 Å². The third-order valence-electron chi connectivity index (χ3n) is 8.22. The van der Waals surface area contributed by atoms with Crippen LogP contribution in [-0.4, -0.2) is 64.5 Å². The van der Waals surface area contributed by atoms with E-state index in [1.165, 1.54) is 136 Å². The lowest BCUT2D eigenvalue weighted by atomic mass is 10.1. The first-order valence-electron chi connectivity index (χ1n) is 18.8. The topological polar surface area (TPSA) is 48.0 Å². The van der Waals surface area contributed by atoms with E-state index in [9.17, 15) is 4.79 Å². The van der Waals surface area contributed by atoms with Crippen LogP contribution in [0.25, 0.3) is 0 Å². The second-order valence-corrected chi connectivity index (χ2v) is 12.9. The van der Waals surface area contributed by atoms with E-state index in [1.807, 2.05) is 0 Å². The van der Waals surface area contributed by atoms with E-state index >= 15 is 0 Å². The van der Waals surface area contributed by atoms with Crippen LogP contribution in [0.2, 0.25) is 0 Å². The molecule has 0 bridgehead atoms. The first-order valence-corrected chi connectivity index (χ1v) is 18.8. The van der Waals surface area contributed by atoms with Gasteiger partial charge in [0.05, 0.1) is 13.2 Å². The van der Waals surface area contributed by atoms with Crippen molar-refractivity contribution in [3.05, 3.63) is 24.3 Å². The van der Waals surface area contributed by atoms with Gasteiger partial charge in [0.25, 0.3) is 0 Å². The molecule has 260 valence electrons. The highest BCUT2D eigenvalue weighted by molar-refractivity contribution is 5.68. The molecule has 0 N–H and O–H groups in total. The summed E-state index contributed by atoms with van der Waals surface area (Å²) < 4.78 is 16.9. The number of methoxy groups -OCH3 is 1. The molecule has 0 heterocycles. The van der Waals surface area contributed by atoms with Crippen molar-refractivity contribution in [3.63, 3.8) is 0 Å². The number of rotatable bonds is 35. The van der Waals surface area contributed by atoms with Crippen LogP contribution in [0.4, 0.5) is 0 Å². The summed E-state index contributed by atoms with van der Waals surface area (Å²) in [6.07, 6.45) is 40.4. The Morgan fingerprint density at radius 1 is 0.591 bits per heavy atom. The molecule has 0 aromatic rings. The predicted octanol–water partition coefficient (Wildman–Crippen LogP) is 11.0. The van der Waals surface area contributed by atoms with E-state index in [2.05, 4.69) is 55.0 Å². The molecule has 0 amide bonds. The van der Waals surface area contributed by atoms with Crippen molar-refractivity contribution in [2.45, 2.75) is 174 Å². The molecule has 0 aliphatic heterocycles. The van der Waals surface area contributed by atoms with Crippen molar-refractivity contribution in [2.24, 2.45) is 0 Å². The standard InChI is InChI=1S/C39H75NO4/c1-5-6-7-8-9-10-11-12-15-18-21-24-27-30-34-43-36-33-38(37-40(2)3)44-35-31-28-25-22-19-16-13-14-17-20-23-26-29-32-39(41)42-4/h12-13,15-16,38H,5-11,14,17-37H2,1-4H3/b15-12-,16-13-. The van der Waals surface area contributed by atoms with Crippen LogP contribution in [0.15, 0.2) is 24.3 Å². The van der Waals surface area contributed by atoms with Crippen LogP contribution < -0.4 is 0 Å². The van der Waals surface area contributed by atoms with E-state index in [-0.39, 0.29) is 12.1 Å². The summed E-state index contributed by atoms with van der Waals surface area (Å²) in [7, 11) is 5.72. The fourth-order valence-corrected chi connectivity index (χ4v) is 5.42. The molecule has 1 unspecified atom stereocenters. The Bertz CT molecular complexity index is 634. The fraction of sp³-hybridized carbons (Fsp3) is 0.872. The summed E-state index contributed by atoms with van der Waals surface area (Å²) in [5.74, 6) is -0.0846. The van der Waals surface area contributed by atoms with Crippen LogP contribution >= 0.6 is 0 Å². The third kappa shape index (κ3) is 35.3. The van der Waals surface area contributed by atoms with Gasteiger partial charge in [-0.15, -0.1) is 0 Å². The largest absolute Gasteiger partial charge is 0.469 e. The molecule has 0 rings (SSSR count).